The van der Waals surface area contributed by atoms with Crippen LogP contribution in [0.2, 0.25) is 0 Å². The van der Waals surface area contributed by atoms with E-state index < -0.39 is 0 Å². The van der Waals surface area contributed by atoms with E-state index in [1.54, 1.807) is 0 Å². The van der Waals surface area contributed by atoms with E-state index in [-0.39, 0.29) is 6.10 Å². The third-order valence-electron chi connectivity index (χ3n) is 2.44. The van der Waals surface area contributed by atoms with Gasteiger partial charge in [0.15, 0.2) is 0 Å². The molecule has 0 heterocycles. The van der Waals surface area contributed by atoms with Crippen LogP contribution in [0.15, 0.2) is 30.3 Å². The van der Waals surface area contributed by atoms with Gasteiger partial charge in [0.25, 0.3) is 0 Å². The van der Waals surface area contributed by atoms with Gasteiger partial charge < -0.3 is 19.6 Å². The second-order valence-corrected chi connectivity index (χ2v) is 4.01. The van der Waals surface area contributed by atoms with Crippen LogP contribution in [-0.2, 0) is 20.9 Å². The molecule has 100 valence electrons. The molecule has 1 atom stereocenters. The first-order valence-electron chi connectivity index (χ1n) is 6.18. The minimum absolute atomic E-state index is 0.0151. The van der Waals surface area contributed by atoms with Crippen molar-refractivity contribution in [3.8, 4) is 0 Å². The van der Waals surface area contributed by atoms with Gasteiger partial charge in [0, 0.05) is 13.0 Å². The van der Waals surface area contributed by atoms with Crippen LogP contribution >= 0.6 is 0 Å². The molecular weight excluding hydrogens is 230 g/mol. The van der Waals surface area contributed by atoms with Crippen molar-refractivity contribution in [2.24, 2.45) is 0 Å². The molecule has 1 aromatic carbocycles. The molecule has 0 aromatic heterocycles. The van der Waals surface area contributed by atoms with E-state index in [0.29, 0.717) is 32.8 Å². The summed E-state index contributed by atoms with van der Waals surface area (Å²) in [6.45, 7) is 2.27. The number of benzene rings is 1. The Kier molecular flexibility index (Phi) is 8.04. The topological polar surface area (TPSA) is 47.6 Å². The van der Waals surface area contributed by atoms with Crippen LogP contribution in [0.4, 0.5) is 0 Å². The minimum Gasteiger partial charge on any atom is -0.374 e. The summed E-state index contributed by atoms with van der Waals surface area (Å²) in [5.74, 6) is 0. The van der Waals surface area contributed by atoms with Gasteiger partial charge in [0.05, 0.1) is 25.9 Å². The standard InChI is InChI=1S/C14H21NO3/c1-15-10-14(18-9-5-8-16)12-17-11-13-6-3-2-4-7-13/h2-4,6-8,14-15H,5,9-12H2,1H3. The number of likely N-dealkylation sites (N-methyl/N-ethyl adjacent to an activating group) is 1. The molecule has 0 bridgehead atoms. The molecule has 1 N–H and O–H groups in total. The molecule has 0 aliphatic heterocycles. The number of hydrogen-bond donors (Lipinski definition) is 1. The fourth-order valence-corrected chi connectivity index (χ4v) is 1.56. The highest BCUT2D eigenvalue weighted by atomic mass is 16.5. The van der Waals surface area contributed by atoms with Crippen LogP contribution in [0.1, 0.15) is 12.0 Å². The van der Waals surface area contributed by atoms with Crippen molar-refractivity contribution in [2.45, 2.75) is 19.1 Å². The van der Waals surface area contributed by atoms with Crippen molar-refractivity contribution in [3.05, 3.63) is 35.9 Å². The summed E-state index contributed by atoms with van der Waals surface area (Å²) in [6, 6.07) is 10.0. The lowest BCUT2D eigenvalue weighted by Crippen LogP contribution is -2.31. The highest BCUT2D eigenvalue weighted by Gasteiger charge is 2.08. The van der Waals surface area contributed by atoms with Gasteiger partial charge >= 0.3 is 0 Å². The average molecular weight is 251 g/mol. The number of aldehydes is 1. The van der Waals surface area contributed by atoms with Crippen LogP contribution < -0.4 is 5.32 Å². The Morgan fingerprint density at radius 1 is 1.33 bits per heavy atom. The van der Waals surface area contributed by atoms with Crippen LogP contribution in [0.25, 0.3) is 0 Å². The summed E-state index contributed by atoms with van der Waals surface area (Å²) < 4.78 is 11.2. The molecule has 0 spiro atoms. The van der Waals surface area contributed by atoms with Gasteiger partial charge in [-0.05, 0) is 12.6 Å². The Hall–Kier alpha value is -1.23. The maximum atomic E-state index is 10.2. The van der Waals surface area contributed by atoms with Crippen LogP contribution in [-0.4, -0.2) is 39.2 Å². The first-order chi connectivity index (χ1) is 8.86. The Bertz CT molecular complexity index is 316. The second-order valence-electron chi connectivity index (χ2n) is 4.01. The highest BCUT2D eigenvalue weighted by Crippen LogP contribution is 2.02. The molecule has 0 saturated carbocycles. The van der Waals surface area contributed by atoms with Crippen molar-refractivity contribution in [2.75, 3.05) is 26.8 Å². The average Bonchev–Trinajstić information content (AvgIpc) is 2.40. The van der Waals surface area contributed by atoms with Gasteiger partial charge in [-0.1, -0.05) is 30.3 Å². The molecule has 4 heteroatoms. The van der Waals surface area contributed by atoms with E-state index in [1.165, 1.54) is 0 Å². The Balaban J connectivity index is 2.22. The molecule has 0 radical (unpaired) electrons. The van der Waals surface area contributed by atoms with Gasteiger partial charge in [0.2, 0.25) is 0 Å². The zero-order chi connectivity index (χ0) is 13.1. The lowest BCUT2D eigenvalue weighted by Gasteiger charge is -2.17. The third-order valence-corrected chi connectivity index (χ3v) is 2.44. The lowest BCUT2D eigenvalue weighted by molar-refractivity contribution is -0.109. The molecule has 0 fully saturated rings. The SMILES string of the molecule is CNCC(COCc1ccccc1)OCCC=O. The molecule has 1 rings (SSSR count). The van der Waals surface area contributed by atoms with Crippen LogP contribution in [0.3, 0.4) is 0 Å². The van der Waals surface area contributed by atoms with Gasteiger partial charge in [-0.2, -0.15) is 0 Å². The van der Waals surface area contributed by atoms with Crippen molar-refractivity contribution in [1.82, 2.24) is 5.32 Å². The molecule has 0 aliphatic rings. The summed E-state index contributed by atoms with van der Waals surface area (Å²) in [5, 5.41) is 3.05. The molecule has 0 amide bonds. The van der Waals surface area contributed by atoms with E-state index in [9.17, 15) is 4.79 Å². The van der Waals surface area contributed by atoms with E-state index in [2.05, 4.69) is 5.32 Å². The normalized spacial score (nSPS) is 12.3. The molecular formula is C14H21NO3. The number of ether oxygens (including phenoxy) is 2. The second kappa shape index (κ2) is 9.76. The van der Waals surface area contributed by atoms with Gasteiger partial charge in [-0.3, -0.25) is 0 Å². The maximum Gasteiger partial charge on any atom is 0.122 e. The highest BCUT2D eigenvalue weighted by molar-refractivity contribution is 5.49. The Morgan fingerprint density at radius 2 is 2.11 bits per heavy atom. The van der Waals surface area contributed by atoms with E-state index >= 15 is 0 Å². The summed E-state index contributed by atoms with van der Waals surface area (Å²) in [5.41, 5.74) is 1.15. The quantitative estimate of drug-likeness (QED) is 0.504. The molecule has 18 heavy (non-hydrogen) atoms. The first-order valence-corrected chi connectivity index (χ1v) is 6.18. The maximum absolute atomic E-state index is 10.2. The molecule has 1 aromatic rings. The summed E-state index contributed by atoms with van der Waals surface area (Å²) in [4.78, 5) is 10.2. The molecule has 0 saturated heterocycles. The Labute approximate surface area is 108 Å². The summed E-state index contributed by atoms with van der Waals surface area (Å²) in [7, 11) is 1.87. The smallest absolute Gasteiger partial charge is 0.122 e. The fourth-order valence-electron chi connectivity index (χ4n) is 1.56. The number of carbonyl (C=O) groups is 1. The first kappa shape index (κ1) is 14.8. The molecule has 0 aliphatic carbocycles. The van der Waals surface area contributed by atoms with E-state index in [1.807, 2.05) is 37.4 Å². The van der Waals surface area contributed by atoms with Crippen molar-refractivity contribution in [1.29, 1.82) is 0 Å². The van der Waals surface area contributed by atoms with Crippen LogP contribution in [0.5, 0.6) is 0 Å². The molecule has 1 unspecified atom stereocenters. The largest absolute Gasteiger partial charge is 0.374 e. The monoisotopic (exact) mass is 251 g/mol. The molecule has 4 nitrogen and oxygen atoms in total. The zero-order valence-corrected chi connectivity index (χ0v) is 10.8. The van der Waals surface area contributed by atoms with Gasteiger partial charge in [-0.15, -0.1) is 0 Å². The van der Waals surface area contributed by atoms with E-state index in [4.69, 9.17) is 9.47 Å². The number of carbonyl (C=O) groups excluding carboxylic acids is 1. The fraction of sp³-hybridized carbons (Fsp3) is 0.500. The predicted molar refractivity (Wildman–Crippen MR) is 70.4 cm³/mol. The lowest BCUT2D eigenvalue weighted by atomic mass is 10.2. The van der Waals surface area contributed by atoms with E-state index in [0.717, 1.165) is 11.8 Å². The predicted octanol–water partition coefficient (Wildman–Crippen LogP) is 1.40. The Morgan fingerprint density at radius 3 is 2.78 bits per heavy atom. The third kappa shape index (κ3) is 6.49. The minimum atomic E-state index is -0.0151. The summed E-state index contributed by atoms with van der Waals surface area (Å²) >= 11 is 0. The van der Waals surface area contributed by atoms with Crippen LogP contribution in [0, 0.1) is 0 Å². The van der Waals surface area contributed by atoms with Crippen molar-refractivity contribution >= 4 is 6.29 Å². The summed E-state index contributed by atoms with van der Waals surface area (Å²) in [6.07, 6.45) is 1.28. The number of hydrogen-bond acceptors (Lipinski definition) is 4. The van der Waals surface area contributed by atoms with Gasteiger partial charge in [0.1, 0.15) is 6.29 Å². The number of rotatable bonds is 10. The van der Waals surface area contributed by atoms with Crippen molar-refractivity contribution in [3.63, 3.8) is 0 Å². The number of nitrogens with one attached hydrogen (secondary N) is 1. The van der Waals surface area contributed by atoms with Crippen molar-refractivity contribution < 1.29 is 14.3 Å². The van der Waals surface area contributed by atoms with Gasteiger partial charge in [-0.25, -0.2) is 0 Å². The zero-order valence-electron chi connectivity index (χ0n) is 10.8.